The normalized spacial score (nSPS) is 20.3. The summed E-state index contributed by atoms with van der Waals surface area (Å²) in [6.07, 6.45) is 4.14. The summed E-state index contributed by atoms with van der Waals surface area (Å²) in [6.45, 7) is 4.60. The number of amides is 1. The van der Waals surface area contributed by atoms with Crippen LogP contribution in [0.2, 0.25) is 0 Å². The Bertz CT molecular complexity index is 812. The van der Waals surface area contributed by atoms with Gasteiger partial charge in [-0.3, -0.25) is 9.59 Å². The van der Waals surface area contributed by atoms with Crippen LogP contribution >= 0.6 is 0 Å². The Labute approximate surface area is 147 Å². The number of rotatable bonds is 5. The summed E-state index contributed by atoms with van der Waals surface area (Å²) in [5, 5.41) is 9.55. The average molecular weight is 341 g/mol. The maximum Gasteiger partial charge on any atom is 0.309 e. The molecule has 1 aliphatic heterocycles. The molecule has 2 aromatic rings. The number of carboxylic acids is 1. The highest BCUT2D eigenvalue weighted by Crippen LogP contribution is 2.37. The van der Waals surface area contributed by atoms with E-state index in [1.165, 1.54) is 16.7 Å². The summed E-state index contributed by atoms with van der Waals surface area (Å²) in [6, 6.07) is 5.74. The first-order valence-corrected chi connectivity index (χ1v) is 8.44. The molecule has 3 rings (SSSR count). The van der Waals surface area contributed by atoms with Crippen LogP contribution in [0.15, 0.2) is 30.6 Å². The van der Waals surface area contributed by atoms with Crippen LogP contribution in [-0.2, 0) is 23.1 Å². The van der Waals surface area contributed by atoms with Crippen molar-refractivity contribution in [1.29, 1.82) is 0 Å². The van der Waals surface area contributed by atoms with E-state index in [0.717, 1.165) is 0 Å². The summed E-state index contributed by atoms with van der Waals surface area (Å²) < 4.78 is 1.79. The molecule has 1 N–H and O–H groups in total. The number of aromatic nitrogens is 2. The highest BCUT2D eigenvalue weighted by Gasteiger charge is 2.46. The minimum absolute atomic E-state index is 0.0275. The van der Waals surface area contributed by atoms with Gasteiger partial charge in [-0.05, 0) is 31.4 Å². The lowest BCUT2D eigenvalue weighted by atomic mass is 9.99. The third-order valence-corrected chi connectivity index (χ3v) is 4.99. The number of benzene rings is 1. The van der Waals surface area contributed by atoms with Gasteiger partial charge in [-0.1, -0.05) is 23.8 Å². The molecule has 1 amide bonds. The molecule has 1 saturated heterocycles. The molecule has 2 heterocycles. The van der Waals surface area contributed by atoms with E-state index in [1.54, 1.807) is 21.9 Å². The molecule has 1 aliphatic rings. The van der Waals surface area contributed by atoms with E-state index < -0.39 is 17.9 Å². The molecule has 1 aromatic carbocycles. The van der Waals surface area contributed by atoms with E-state index in [4.69, 9.17) is 0 Å². The standard InChI is InChI=1S/C19H23N3O3/c1-12-4-5-14(13(2)10-12)6-8-22-16(23)11-15(19(24)25)17(22)18-20-7-9-21(18)3/h4-5,7,9-10,15,17H,6,8,11H2,1-3H3,(H,24,25). The van der Waals surface area contributed by atoms with Gasteiger partial charge in [0.15, 0.2) is 0 Å². The van der Waals surface area contributed by atoms with Crippen LogP contribution in [0.4, 0.5) is 0 Å². The second kappa shape index (κ2) is 6.70. The number of hydrogen-bond donors (Lipinski definition) is 1. The topological polar surface area (TPSA) is 75.4 Å². The molecule has 0 radical (unpaired) electrons. The first-order valence-electron chi connectivity index (χ1n) is 8.44. The van der Waals surface area contributed by atoms with E-state index in [2.05, 4.69) is 37.0 Å². The molecule has 2 unspecified atom stereocenters. The maximum atomic E-state index is 12.5. The molecule has 2 atom stereocenters. The highest BCUT2D eigenvalue weighted by atomic mass is 16.4. The number of aliphatic carboxylic acids is 1. The SMILES string of the molecule is Cc1ccc(CCN2C(=O)CC(C(=O)O)C2c2nccn2C)c(C)c1. The summed E-state index contributed by atoms with van der Waals surface area (Å²) in [5.74, 6) is -1.20. The Morgan fingerprint density at radius 1 is 1.36 bits per heavy atom. The summed E-state index contributed by atoms with van der Waals surface area (Å²) in [5.41, 5.74) is 3.57. The number of likely N-dealkylation sites (tertiary alicyclic amines) is 1. The number of carboxylic acid groups (broad SMARTS) is 1. The van der Waals surface area contributed by atoms with Gasteiger partial charge < -0.3 is 14.6 Å². The van der Waals surface area contributed by atoms with Crippen molar-refractivity contribution in [2.24, 2.45) is 13.0 Å². The van der Waals surface area contributed by atoms with E-state index in [-0.39, 0.29) is 12.3 Å². The minimum atomic E-state index is -0.949. The number of carbonyl (C=O) groups excluding carboxylic acids is 1. The molecule has 0 spiro atoms. The summed E-state index contributed by atoms with van der Waals surface area (Å²) in [4.78, 5) is 30.1. The predicted octanol–water partition coefficient (Wildman–Crippen LogP) is 2.25. The molecule has 1 aromatic heterocycles. The van der Waals surface area contributed by atoms with Crippen molar-refractivity contribution in [3.8, 4) is 0 Å². The number of carbonyl (C=O) groups is 2. The average Bonchev–Trinajstić information content (AvgIpc) is 3.10. The first kappa shape index (κ1) is 17.2. The fourth-order valence-electron chi connectivity index (χ4n) is 3.62. The molecule has 0 saturated carbocycles. The van der Waals surface area contributed by atoms with Gasteiger partial charge in [0.25, 0.3) is 0 Å². The van der Waals surface area contributed by atoms with Crippen LogP contribution in [0.25, 0.3) is 0 Å². The van der Waals surface area contributed by atoms with Gasteiger partial charge in [-0.25, -0.2) is 4.98 Å². The van der Waals surface area contributed by atoms with Crippen LogP contribution in [-0.4, -0.2) is 38.0 Å². The second-order valence-electron chi connectivity index (χ2n) is 6.76. The Morgan fingerprint density at radius 2 is 2.12 bits per heavy atom. The molecule has 6 nitrogen and oxygen atoms in total. The molecule has 0 bridgehead atoms. The number of nitrogens with zero attached hydrogens (tertiary/aromatic N) is 3. The quantitative estimate of drug-likeness (QED) is 0.905. The van der Waals surface area contributed by atoms with Crippen LogP contribution in [0.5, 0.6) is 0 Å². The Balaban J connectivity index is 1.86. The smallest absolute Gasteiger partial charge is 0.309 e. The molecule has 6 heteroatoms. The van der Waals surface area contributed by atoms with Crippen molar-refractivity contribution in [3.05, 3.63) is 53.1 Å². The monoisotopic (exact) mass is 341 g/mol. The van der Waals surface area contributed by atoms with Crippen molar-refractivity contribution in [2.75, 3.05) is 6.54 Å². The summed E-state index contributed by atoms with van der Waals surface area (Å²) in [7, 11) is 1.83. The lowest BCUT2D eigenvalue weighted by Crippen LogP contribution is -2.34. The molecule has 132 valence electrons. The predicted molar refractivity (Wildman–Crippen MR) is 93.0 cm³/mol. The Hall–Kier alpha value is -2.63. The van der Waals surface area contributed by atoms with E-state index in [9.17, 15) is 14.7 Å². The first-order chi connectivity index (χ1) is 11.9. The molecule has 1 fully saturated rings. The zero-order valence-corrected chi connectivity index (χ0v) is 14.8. The van der Waals surface area contributed by atoms with Gasteiger partial charge in [-0.2, -0.15) is 0 Å². The van der Waals surface area contributed by atoms with Crippen molar-refractivity contribution < 1.29 is 14.7 Å². The molecule has 25 heavy (non-hydrogen) atoms. The number of hydrogen-bond acceptors (Lipinski definition) is 3. The zero-order valence-electron chi connectivity index (χ0n) is 14.8. The lowest BCUT2D eigenvalue weighted by molar-refractivity contribution is -0.142. The van der Waals surface area contributed by atoms with Crippen molar-refractivity contribution in [3.63, 3.8) is 0 Å². The lowest BCUT2D eigenvalue weighted by Gasteiger charge is -2.26. The number of aryl methyl sites for hydroxylation is 3. The van der Waals surface area contributed by atoms with Gasteiger partial charge in [0.05, 0.1) is 5.92 Å². The van der Waals surface area contributed by atoms with Crippen LogP contribution < -0.4 is 0 Å². The Morgan fingerprint density at radius 3 is 2.72 bits per heavy atom. The van der Waals surface area contributed by atoms with Crippen LogP contribution in [0, 0.1) is 19.8 Å². The van der Waals surface area contributed by atoms with E-state index >= 15 is 0 Å². The van der Waals surface area contributed by atoms with Gasteiger partial charge >= 0.3 is 5.97 Å². The van der Waals surface area contributed by atoms with Gasteiger partial charge in [0.1, 0.15) is 11.9 Å². The van der Waals surface area contributed by atoms with E-state index in [1.807, 2.05) is 7.05 Å². The van der Waals surface area contributed by atoms with Gasteiger partial charge in [0, 0.05) is 32.4 Å². The maximum absolute atomic E-state index is 12.5. The van der Waals surface area contributed by atoms with Gasteiger partial charge in [0.2, 0.25) is 5.91 Å². The largest absolute Gasteiger partial charge is 0.481 e. The van der Waals surface area contributed by atoms with Crippen molar-refractivity contribution in [2.45, 2.75) is 32.7 Å². The second-order valence-corrected chi connectivity index (χ2v) is 6.76. The van der Waals surface area contributed by atoms with Gasteiger partial charge in [-0.15, -0.1) is 0 Å². The fraction of sp³-hybridized carbons (Fsp3) is 0.421. The van der Waals surface area contributed by atoms with Crippen molar-refractivity contribution in [1.82, 2.24) is 14.5 Å². The van der Waals surface area contributed by atoms with Crippen molar-refractivity contribution >= 4 is 11.9 Å². The molecular formula is C19H23N3O3. The summed E-state index contributed by atoms with van der Waals surface area (Å²) >= 11 is 0. The highest BCUT2D eigenvalue weighted by molar-refractivity contribution is 5.87. The molecular weight excluding hydrogens is 318 g/mol. The molecule has 0 aliphatic carbocycles. The third-order valence-electron chi connectivity index (χ3n) is 4.99. The van der Waals surface area contributed by atoms with Crippen LogP contribution in [0.3, 0.4) is 0 Å². The van der Waals surface area contributed by atoms with Crippen LogP contribution in [0.1, 0.15) is 35.0 Å². The number of imidazole rings is 1. The third kappa shape index (κ3) is 3.29. The minimum Gasteiger partial charge on any atom is -0.481 e. The fourth-order valence-corrected chi connectivity index (χ4v) is 3.62. The van der Waals surface area contributed by atoms with E-state index in [0.29, 0.717) is 18.8 Å². The Kier molecular flexibility index (Phi) is 4.61. The zero-order chi connectivity index (χ0) is 18.1.